The van der Waals surface area contributed by atoms with E-state index >= 15 is 0 Å². The summed E-state index contributed by atoms with van der Waals surface area (Å²) < 4.78 is 7.73. The number of nitrogens with zero attached hydrogens (tertiary/aromatic N) is 2. The quantitative estimate of drug-likeness (QED) is 0.774. The third-order valence-electron chi connectivity index (χ3n) is 4.34. The molecule has 1 saturated heterocycles. The van der Waals surface area contributed by atoms with E-state index in [4.69, 9.17) is 4.74 Å². The molecule has 1 aliphatic carbocycles. The van der Waals surface area contributed by atoms with Crippen LogP contribution in [0.25, 0.3) is 0 Å². The molecule has 1 saturated carbocycles. The summed E-state index contributed by atoms with van der Waals surface area (Å²) in [7, 11) is 1.91. The summed E-state index contributed by atoms with van der Waals surface area (Å²) in [5, 5.41) is 0. The van der Waals surface area contributed by atoms with Gasteiger partial charge in [-0.25, -0.2) is 0 Å². The lowest BCUT2D eigenvalue weighted by Crippen LogP contribution is -2.40. The molecule has 2 fully saturated rings. The summed E-state index contributed by atoms with van der Waals surface area (Å²) in [5.74, 6) is 0.626. The average molecular weight is 260 g/mol. The predicted molar refractivity (Wildman–Crippen MR) is 72.9 cm³/mol. The largest absolute Gasteiger partial charge is 0.372 e. The fraction of sp³-hybridized carbons (Fsp3) is 0.533. The number of carbonyl (C=O) groups is 1. The van der Waals surface area contributed by atoms with E-state index in [1.165, 1.54) is 6.42 Å². The van der Waals surface area contributed by atoms with Gasteiger partial charge in [0.2, 0.25) is 0 Å². The molecule has 0 unspecified atom stereocenters. The number of hydrogen-bond acceptors (Lipinski definition) is 2. The van der Waals surface area contributed by atoms with Crippen LogP contribution in [-0.2, 0) is 11.8 Å². The molecule has 19 heavy (non-hydrogen) atoms. The van der Waals surface area contributed by atoms with Crippen molar-refractivity contribution in [1.29, 1.82) is 0 Å². The monoisotopic (exact) mass is 260 g/mol. The first-order chi connectivity index (χ1) is 9.22. The molecular weight excluding hydrogens is 240 g/mol. The molecule has 4 nitrogen and oxygen atoms in total. The topological polar surface area (TPSA) is 34.5 Å². The minimum absolute atomic E-state index is 0.131. The van der Waals surface area contributed by atoms with Crippen molar-refractivity contribution in [2.24, 2.45) is 13.0 Å². The molecule has 0 aromatic carbocycles. The summed E-state index contributed by atoms with van der Waals surface area (Å²) in [6, 6.07) is 4.04. The fourth-order valence-electron chi connectivity index (χ4n) is 3.43. The van der Waals surface area contributed by atoms with Gasteiger partial charge in [0.1, 0.15) is 5.69 Å². The van der Waals surface area contributed by atoms with Crippen LogP contribution in [0.5, 0.6) is 0 Å². The molecule has 0 spiro atoms. The third-order valence-corrected chi connectivity index (χ3v) is 4.34. The molecule has 4 heteroatoms. The Bertz CT molecular complexity index is 494. The van der Waals surface area contributed by atoms with Crippen molar-refractivity contribution < 1.29 is 9.53 Å². The van der Waals surface area contributed by atoms with Crippen LogP contribution in [0.4, 0.5) is 0 Å². The molecule has 2 bridgehead atoms. The van der Waals surface area contributed by atoms with Crippen LogP contribution < -0.4 is 0 Å². The van der Waals surface area contributed by atoms with E-state index in [0.29, 0.717) is 12.5 Å². The van der Waals surface area contributed by atoms with E-state index < -0.39 is 0 Å². The maximum atomic E-state index is 12.6. The van der Waals surface area contributed by atoms with Crippen molar-refractivity contribution in [3.05, 3.63) is 36.7 Å². The highest BCUT2D eigenvalue weighted by atomic mass is 16.5. The van der Waals surface area contributed by atoms with Crippen LogP contribution in [0, 0.1) is 5.92 Å². The third kappa shape index (κ3) is 2.00. The Hall–Kier alpha value is -1.55. The maximum Gasteiger partial charge on any atom is 0.270 e. The number of aromatic nitrogens is 1. The van der Waals surface area contributed by atoms with Crippen molar-refractivity contribution in [3.8, 4) is 0 Å². The van der Waals surface area contributed by atoms with E-state index in [1.807, 2.05) is 34.8 Å². The summed E-state index contributed by atoms with van der Waals surface area (Å²) >= 11 is 0. The Kier molecular flexibility index (Phi) is 3.19. The molecule has 102 valence electrons. The number of aryl methyl sites for hydroxylation is 1. The summed E-state index contributed by atoms with van der Waals surface area (Å²) in [4.78, 5) is 14.6. The number of hydrogen-bond donors (Lipinski definition) is 0. The number of likely N-dealkylation sites (tertiary alicyclic amines) is 1. The number of carbonyl (C=O) groups excluding carboxylic acids is 1. The maximum absolute atomic E-state index is 12.6. The number of fused-ring (bicyclic) bond motifs is 2. The molecular formula is C15H20N2O2. The molecule has 3 atom stereocenters. The van der Waals surface area contributed by atoms with Crippen molar-refractivity contribution >= 4 is 5.91 Å². The lowest BCUT2D eigenvalue weighted by atomic mass is 10.1. The summed E-state index contributed by atoms with van der Waals surface area (Å²) in [6.07, 6.45) is 6.11. The Morgan fingerprint density at radius 3 is 3.11 bits per heavy atom. The minimum atomic E-state index is 0.131. The Morgan fingerprint density at radius 2 is 2.42 bits per heavy atom. The molecule has 0 N–H and O–H groups in total. The van der Waals surface area contributed by atoms with Crippen LogP contribution in [0.15, 0.2) is 31.0 Å². The van der Waals surface area contributed by atoms with E-state index in [2.05, 4.69) is 6.58 Å². The van der Waals surface area contributed by atoms with Gasteiger partial charge in [0.25, 0.3) is 5.91 Å². The zero-order chi connectivity index (χ0) is 13.4. The highest BCUT2D eigenvalue weighted by Crippen LogP contribution is 2.40. The molecule has 3 rings (SSSR count). The van der Waals surface area contributed by atoms with E-state index in [-0.39, 0.29) is 18.1 Å². The van der Waals surface area contributed by atoms with Gasteiger partial charge in [-0.2, -0.15) is 0 Å². The number of ether oxygens (including phenoxy) is 1. The second-order valence-electron chi connectivity index (χ2n) is 5.45. The van der Waals surface area contributed by atoms with Gasteiger partial charge in [-0.3, -0.25) is 4.79 Å². The smallest absolute Gasteiger partial charge is 0.270 e. The SMILES string of the molecule is C=CCO[C@@H]1[C@H]2CC[C@H]1N(C(=O)c1cccn1C)C2. The van der Waals surface area contributed by atoms with Gasteiger partial charge in [0.05, 0.1) is 18.8 Å². The first-order valence-corrected chi connectivity index (χ1v) is 6.87. The molecule has 2 heterocycles. The molecule has 1 amide bonds. The van der Waals surface area contributed by atoms with Gasteiger partial charge in [-0.05, 0) is 25.0 Å². The fourth-order valence-corrected chi connectivity index (χ4v) is 3.43. The van der Waals surface area contributed by atoms with Gasteiger partial charge in [0, 0.05) is 25.7 Å². The number of amides is 1. The Balaban J connectivity index is 1.75. The van der Waals surface area contributed by atoms with E-state index in [9.17, 15) is 4.79 Å². The van der Waals surface area contributed by atoms with Gasteiger partial charge in [0.15, 0.2) is 0 Å². The van der Waals surface area contributed by atoms with Gasteiger partial charge >= 0.3 is 0 Å². The van der Waals surface area contributed by atoms with E-state index in [1.54, 1.807) is 6.08 Å². The van der Waals surface area contributed by atoms with Crippen LogP contribution in [0.2, 0.25) is 0 Å². The van der Waals surface area contributed by atoms with Crippen molar-refractivity contribution in [1.82, 2.24) is 9.47 Å². The summed E-state index contributed by atoms with van der Waals surface area (Å²) in [5.41, 5.74) is 0.759. The second kappa shape index (κ2) is 4.85. The Labute approximate surface area is 113 Å². The lowest BCUT2D eigenvalue weighted by Gasteiger charge is -2.27. The lowest BCUT2D eigenvalue weighted by molar-refractivity contribution is 0.0405. The first kappa shape index (κ1) is 12.5. The normalized spacial score (nSPS) is 28.9. The van der Waals surface area contributed by atoms with Crippen LogP contribution >= 0.6 is 0 Å². The molecule has 0 radical (unpaired) electrons. The Morgan fingerprint density at radius 1 is 1.58 bits per heavy atom. The zero-order valence-corrected chi connectivity index (χ0v) is 11.3. The highest BCUT2D eigenvalue weighted by Gasteiger charge is 2.49. The predicted octanol–water partition coefficient (Wildman–Crippen LogP) is 1.83. The number of rotatable bonds is 4. The summed E-state index contributed by atoms with van der Waals surface area (Å²) in [6.45, 7) is 5.09. The van der Waals surface area contributed by atoms with Crippen LogP contribution in [0.3, 0.4) is 0 Å². The second-order valence-corrected chi connectivity index (χ2v) is 5.45. The molecule has 1 aliphatic heterocycles. The van der Waals surface area contributed by atoms with E-state index in [0.717, 1.165) is 18.7 Å². The van der Waals surface area contributed by atoms with Gasteiger partial charge < -0.3 is 14.2 Å². The standard InChI is InChI=1S/C15H20N2O2/c1-3-9-19-14-11-6-7-12(14)17(10-11)15(18)13-5-4-8-16(13)2/h3-5,8,11-12,14H,1,6-7,9-10H2,2H3/t11-,12+,14+/m0/s1. The van der Waals surface area contributed by atoms with Crippen molar-refractivity contribution in [2.45, 2.75) is 25.0 Å². The minimum Gasteiger partial charge on any atom is -0.372 e. The van der Waals surface area contributed by atoms with Crippen LogP contribution in [0.1, 0.15) is 23.3 Å². The zero-order valence-electron chi connectivity index (χ0n) is 11.3. The average Bonchev–Trinajstić information content (AvgIpc) is 3.09. The van der Waals surface area contributed by atoms with Gasteiger partial charge in [-0.1, -0.05) is 6.08 Å². The molecule has 1 aromatic heterocycles. The van der Waals surface area contributed by atoms with Crippen molar-refractivity contribution in [3.63, 3.8) is 0 Å². The van der Waals surface area contributed by atoms with Crippen LogP contribution in [-0.4, -0.2) is 40.7 Å². The molecule has 1 aromatic rings. The number of piperidine rings is 1. The highest BCUT2D eigenvalue weighted by molar-refractivity contribution is 5.93. The molecule has 2 aliphatic rings. The van der Waals surface area contributed by atoms with Gasteiger partial charge in [-0.15, -0.1) is 6.58 Å². The van der Waals surface area contributed by atoms with Crippen molar-refractivity contribution in [2.75, 3.05) is 13.2 Å². The first-order valence-electron chi connectivity index (χ1n) is 6.87.